The van der Waals surface area contributed by atoms with Crippen molar-refractivity contribution in [2.75, 3.05) is 12.0 Å². The lowest BCUT2D eigenvalue weighted by Gasteiger charge is -2.27. The Morgan fingerprint density at radius 2 is 0.942 bits per heavy atom. The molecule has 0 aromatic heterocycles. The van der Waals surface area contributed by atoms with Crippen LogP contribution in [0.15, 0.2) is 188 Å². The fourth-order valence-electron chi connectivity index (χ4n) is 7.82. The van der Waals surface area contributed by atoms with Gasteiger partial charge in [-0.15, -0.1) is 0 Å². The van der Waals surface area contributed by atoms with E-state index in [1.165, 1.54) is 71.3 Å². The maximum atomic E-state index is 5.54. The molecule has 0 unspecified atom stereocenters. The average Bonchev–Trinajstić information content (AvgIpc) is 3.21. The molecule has 248 valence electrons. The Bertz CT molecular complexity index is 2700. The SMILES string of the molecule is COc1ccc(N(c2cccc(C)c2)c2ccc3c(c2)c2ccccc2c2c(-c4ccccc4)cc(-c4ccccc4)c(-c4ccccc4)c32)cc1. The number of hydrogen-bond acceptors (Lipinski definition) is 2. The number of methoxy groups -OCH3 is 1. The highest BCUT2D eigenvalue weighted by Crippen LogP contribution is 2.50. The number of rotatable bonds is 7. The molecule has 2 nitrogen and oxygen atoms in total. The smallest absolute Gasteiger partial charge is 0.119 e. The Morgan fingerprint density at radius 1 is 0.385 bits per heavy atom. The van der Waals surface area contributed by atoms with E-state index in [0.29, 0.717) is 0 Å². The van der Waals surface area contributed by atoms with Crippen LogP contribution in [-0.4, -0.2) is 7.11 Å². The van der Waals surface area contributed by atoms with Gasteiger partial charge in [-0.3, -0.25) is 0 Å². The van der Waals surface area contributed by atoms with Gasteiger partial charge in [0, 0.05) is 17.1 Å². The van der Waals surface area contributed by atoms with Gasteiger partial charge in [-0.05, 0) is 133 Å². The summed E-state index contributed by atoms with van der Waals surface area (Å²) in [5, 5.41) is 7.45. The summed E-state index contributed by atoms with van der Waals surface area (Å²) in [5.74, 6) is 0.834. The van der Waals surface area contributed by atoms with Crippen molar-refractivity contribution >= 4 is 49.4 Å². The van der Waals surface area contributed by atoms with Crippen LogP contribution < -0.4 is 9.64 Å². The van der Waals surface area contributed by atoms with Gasteiger partial charge in [-0.25, -0.2) is 0 Å². The Hall–Kier alpha value is -6.64. The molecule has 0 N–H and O–H groups in total. The molecule has 0 fully saturated rings. The predicted octanol–water partition coefficient (Wildman–Crippen LogP) is 13.9. The predicted molar refractivity (Wildman–Crippen MR) is 221 cm³/mol. The topological polar surface area (TPSA) is 12.5 Å². The molecule has 0 spiro atoms. The van der Waals surface area contributed by atoms with Crippen LogP contribution in [-0.2, 0) is 0 Å². The van der Waals surface area contributed by atoms with Crippen LogP contribution in [0.5, 0.6) is 5.75 Å². The summed E-state index contributed by atoms with van der Waals surface area (Å²) in [6, 6.07) is 68.0. The van der Waals surface area contributed by atoms with Gasteiger partial charge in [-0.2, -0.15) is 0 Å². The fourth-order valence-corrected chi connectivity index (χ4v) is 7.82. The largest absolute Gasteiger partial charge is 0.497 e. The second-order valence-electron chi connectivity index (χ2n) is 13.3. The molecule has 52 heavy (non-hydrogen) atoms. The van der Waals surface area contributed by atoms with Gasteiger partial charge in [0.2, 0.25) is 0 Å². The Labute approximate surface area is 304 Å². The molecule has 9 rings (SSSR count). The third-order valence-electron chi connectivity index (χ3n) is 10.2. The van der Waals surface area contributed by atoms with Gasteiger partial charge in [0.15, 0.2) is 0 Å². The molecule has 0 aliphatic heterocycles. The van der Waals surface area contributed by atoms with Crippen molar-refractivity contribution in [3.05, 3.63) is 194 Å². The van der Waals surface area contributed by atoms with Crippen molar-refractivity contribution < 1.29 is 4.74 Å². The summed E-state index contributed by atoms with van der Waals surface area (Å²) < 4.78 is 5.54. The van der Waals surface area contributed by atoms with Crippen LogP contribution in [0, 0.1) is 6.92 Å². The maximum absolute atomic E-state index is 5.54. The van der Waals surface area contributed by atoms with E-state index < -0.39 is 0 Å². The summed E-state index contributed by atoms with van der Waals surface area (Å²) in [5.41, 5.74) is 11.8. The summed E-state index contributed by atoms with van der Waals surface area (Å²) >= 11 is 0. The minimum atomic E-state index is 0.834. The average molecular weight is 668 g/mol. The monoisotopic (exact) mass is 667 g/mol. The molecule has 0 saturated heterocycles. The number of ether oxygens (including phenoxy) is 1. The molecule has 2 heteroatoms. The van der Waals surface area contributed by atoms with E-state index in [1.807, 2.05) is 12.1 Å². The molecule has 9 aromatic carbocycles. The van der Waals surface area contributed by atoms with Crippen LogP contribution >= 0.6 is 0 Å². The highest BCUT2D eigenvalue weighted by molar-refractivity contribution is 6.33. The van der Waals surface area contributed by atoms with Gasteiger partial charge in [-0.1, -0.05) is 133 Å². The molecule has 0 heterocycles. The van der Waals surface area contributed by atoms with E-state index >= 15 is 0 Å². The van der Waals surface area contributed by atoms with Crippen molar-refractivity contribution in [3.8, 4) is 39.1 Å². The van der Waals surface area contributed by atoms with Crippen LogP contribution in [0.1, 0.15) is 5.56 Å². The lowest BCUT2D eigenvalue weighted by atomic mass is 9.81. The first-order valence-corrected chi connectivity index (χ1v) is 17.8. The number of anilines is 3. The number of benzene rings is 9. The van der Waals surface area contributed by atoms with E-state index in [0.717, 1.165) is 22.8 Å². The molecular weight excluding hydrogens is 631 g/mol. The zero-order valence-electron chi connectivity index (χ0n) is 29.3. The number of hydrogen-bond donors (Lipinski definition) is 0. The summed E-state index contributed by atoms with van der Waals surface area (Å²) in [4.78, 5) is 2.35. The second kappa shape index (κ2) is 13.2. The quantitative estimate of drug-likeness (QED) is 0.157. The molecule has 0 atom stereocenters. The number of aryl methyl sites for hydroxylation is 1. The van der Waals surface area contributed by atoms with Gasteiger partial charge in [0.05, 0.1) is 7.11 Å². The Balaban J connectivity index is 1.44. The molecule has 0 aliphatic rings. The Kier molecular flexibility index (Phi) is 7.98. The zero-order chi connectivity index (χ0) is 35.0. The third-order valence-corrected chi connectivity index (χ3v) is 10.2. The first-order chi connectivity index (χ1) is 25.7. The minimum absolute atomic E-state index is 0.834. The van der Waals surface area contributed by atoms with E-state index in [2.05, 4.69) is 188 Å². The van der Waals surface area contributed by atoms with Crippen molar-refractivity contribution in [3.63, 3.8) is 0 Å². The first-order valence-electron chi connectivity index (χ1n) is 17.8. The van der Waals surface area contributed by atoms with Crippen molar-refractivity contribution in [2.45, 2.75) is 6.92 Å². The molecule has 0 aliphatic carbocycles. The first kappa shape index (κ1) is 31.3. The minimum Gasteiger partial charge on any atom is -0.497 e. The van der Waals surface area contributed by atoms with Gasteiger partial charge >= 0.3 is 0 Å². The van der Waals surface area contributed by atoms with E-state index in [4.69, 9.17) is 4.74 Å². The number of nitrogens with zero attached hydrogens (tertiary/aromatic N) is 1. The van der Waals surface area contributed by atoms with Crippen LogP contribution in [0.4, 0.5) is 17.1 Å². The highest BCUT2D eigenvalue weighted by Gasteiger charge is 2.22. The molecule has 0 amide bonds. The van der Waals surface area contributed by atoms with Crippen LogP contribution in [0.3, 0.4) is 0 Å². The summed E-state index contributed by atoms with van der Waals surface area (Å²) in [6.45, 7) is 2.15. The van der Waals surface area contributed by atoms with E-state index in [1.54, 1.807) is 7.11 Å². The van der Waals surface area contributed by atoms with Gasteiger partial charge in [0.1, 0.15) is 5.75 Å². The second-order valence-corrected chi connectivity index (χ2v) is 13.3. The molecular formula is C50H37NO. The lowest BCUT2D eigenvalue weighted by molar-refractivity contribution is 0.415. The lowest BCUT2D eigenvalue weighted by Crippen LogP contribution is -2.10. The zero-order valence-corrected chi connectivity index (χ0v) is 29.3. The normalized spacial score (nSPS) is 11.3. The van der Waals surface area contributed by atoms with E-state index in [-0.39, 0.29) is 0 Å². The van der Waals surface area contributed by atoms with Gasteiger partial charge < -0.3 is 9.64 Å². The summed E-state index contributed by atoms with van der Waals surface area (Å²) in [6.07, 6.45) is 0. The van der Waals surface area contributed by atoms with Crippen molar-refractivity contribution in [1.29, 1.82) is 0 Å². The molecule has 9 aromatic rings. The van der Waals surface area contributed by atoms with Crippen LogP contribution in [0.2, 0.25) is 0 Å². The van der Waals surface area contributed by atoms with Gasteiger partial charge in [0.25, 0.3) is 0 Å². The maximum Gasteiger partial charge on any atom is 0.119 e. The fraction of sp³-hybridized carbons (Fsp3) is 0.0400. The summed E-state index contributed by atoms with van der Waals surface area (Å²) in [7, 11) is 1.71. The molecule has 0 bridgehead atoms. The molecule has 0 saturated carbocycles. The molecule has 0 radical (unpaired) electrons. The highest BCUT2D eigenvalue weighted by atomic mass is 16.5. The van der Waals surface area contributed by atoms with Crippen molar-refractivity contribution in [2.24, 2.45) is 0 Å². The Morgan fingerprint density at radius 3 is 1.60 bits per heavy atom. The van der Waals surface area contributed by atoms with Crippen molar-refractivity contribution in [1.82, 2.24) is 0 Å². The number of fused-ring (bicyclic) bond motifs is 6. The third kappa shape index (κ3) is 5.46. The standard InChI is InChI=1S/C50H37NO/c1-34-15-14-22-39(31-34)51(38-25-28-41(52-2)29-26-38)40-27-30-44-47(32-40)42-23-12-13-24-43(42)49-46(36-18-8-4-9-19-36)33-45(35-16-6-3-7-17-35)48(50(44)49)37-20-10-5-11-21-37/h3-33H,1-2H3. The van der Waals surface area contributed by atoms with Crippen LogP contribution in [0.25, 0.3) is 65.7 Å². The van der Waals surface area contributed by atoms with E-state index in [9.17, 15) is 0 Å².